The zero-order valence-corrected chi connectivity index (χ0v) is 34.3. The van der Waals surface area contributed by atoms with Gasteiger partial charge >= 0.3 is 23.8 Å². The third kappa shape index (κ3) is 9.24. The molecule has 0 aromatic heterocycles. The Morgan fingerprint density at radius 3 is 2.26 bits per heavy atom. The molecule has 0 radical (unpaired) electrons. The number of hydrogen-bond donors (Lipinski definition) is 2. The van der Waals surface area contributed by atoms with Crippen molar-refractivity contribution in [2.75, 3.05) is 14.2 Å². The van der Waals surface area contributed by atoms with E-state index in [2.05, 4.69) is 10.2 Å². The molecule has 1 aromatic carbocycles. The van der Waals surface area contributed by atoms with Crippen LogP contribution in [0, 0.1) is 29.6 Å². The minimum Gasteiger partial charge on any atom is -0.490 e. The zero-order valence-electron chi connectivity index (χ0n) is 34.3. The van der Waals surface area contributed by atoms with Gasteiger partial charge in [0.15, 0.2) is 0 Å². The number of cyclic esters (lactones) is 1. The van der Waals surface area contributed by atoms with E-state index in [1.165, 1.54) is 32.4 Å². The first-order valence-corrected chi connectivity index (χ1v) is 19.6. The largest absolute Gasteiger partial charge is 0.490 e. The van der Waals surface area contributed by atoms with Crippen molar-refractivity contribution in [2.45, 2.75) is 129 Å². The highest BCUT2D eigenvalue weighted by Gasteiger charge is 2.65. The molecule has 1 fully saturated rings. The Hall–Kier alpha value is -3.85. The first kappa shape index (κ1) is 44.3. The highest BCUT2D eigenvalue weighted by molar-refractivity contribution is 5.93. The van der Waals surface area contributed by atoms with Crippen molar-refractivity contribution in [1.82, 2.24) is 0 Å². The monoisotopic (exact) mass is 802 g/mol. The van der Waals surface area contributed by atoms with Gasteiger partial charge < -0.3 is 33.9 Å². The number of benzene rings is 1. The number of methoxy groups -OCH3 is 2. The molecule has 0 spiro atoms. The third-order valence-corrected chi connectivity index (χ3v) is 12.0. The number of carbonyl (C=O) groups excluding carboxylic acids is 2. The van der Waals surface area contributed by atoms with Gasteiger partial charge in [-0.15, -0.1) is 10.2 Å². The number of aliphatic hydroxyl groups excluding tert-OH is 2. The molecule has 314 valence electrons. The lowest BCUT2D eigenvalue weighted by Crippen LogP contribution is -2.53. The summed E-state index contributed by atoms with van der Waals surface area (Å²) in [6.07, 6.45) is -0.655. The summed E-state index contributed by atoms with van der Waals surface area (Å²) in [5, 5.41) is 29.8. The summed E-state index contributed by atoms with van der Waals surface area (Å²) in [5.74, 6) is -3.86. The van der Waals surface area contributed by atoms with Gasteiger partial charge in [0.1, 0.15) is 18.3 Å². The van der Waals surface area contributed by atoms with Crippen LogP contribution in [0.4, 0.5) is 13.2 Å². The molecule has 0 amide bonds. The number of hydrogen-bond acceptors (Lipinski definition) is 11. The fourth-order valence-electron chi connectivity index (χ4n) is 8.61. The van der Waals surface area contributed by atoms with E-state index in [0.29, 0.717) is 17.6 Å². The van der Waals surface area contributed by atoms with Crippen molar-refractivity contribution in [2.24, 2.45) is 39.8 Å². The SMILES string of the molecule is CO/C1=C\C(C)=C\[C@@H](C)[C@@H](O)[C@@H](C)C/C(C)=C/C=C/[C@H](OC)[C@@H]([C@@H](C)[C@@H](O)[C@H](C)[C@H]2C[C@H]3OC(=O)c4ccc(C5(C(F)(F)F)N=N5)cc4[C@@H]3[C@@H](C(C)C)O2)OC1=O. The van der Waals surface area contributed by atoms with Crippen molar-refractivity contribution in [1.29, 1.82) is 0 Å². The molecule has 0 saturated carbocycles. The van der Waals surface area contributed by atoms with Crippen molar-refractivity contribution in [3.63, 3.8) is 0 Å². The molecule has 12 atom stereocenters. The predicted molar refractivity (Wildman–Crippen MR) is 205 cm³/mol. The van der Waals surface area contributed by atoms with Crippen LogP contribution in [-0.2, 0) is 34.1 Å². The highest BCUT2D eigenvalue weighted by Crippen LogP contribution is 2.54. The Balaban J connectivity index is 1.44. The molecule has 0 aliphatic carbocycles. The van der Waals surface area contributed by atoms with Crippen LogP contribution in [0.25, 0.3) is 0 Å². The smallest absolute Gasteiger partial charge is 0.442 e. The fraction of sp³-hybridized carbons (Fsp3) is 0.628. The number of nitrogens with zero attached hydrogens (tertiary/aromatic N) is 2. The van der Waals surface area contributed by atoms with Crippen LogP contribution in [0.3, 0.4) is 0 Å². The Bertz CT molecular complexity index is 1800. The van der Waals surface area contributed by atoms with Gasteiger partial charge in [0.25, 0.3) is 0 Å². The zero-order chi connectivity index (χ0) is 42.1. The number of allylic oxidation sites excluding steroid dienone is 5. The van der Waals surface area contributed by atoms with Crippen LogP contribution in [-0.4, -0.2) is 85.3 Å². The molecule has 0 bridgehead atoms. The van der Waals surface area contributed by atoms with Crippen LogP contribution in [0.2, 0.25) is 0 Å². The Kier molecular flexibility index (Phi) is 13.6. The number of halogens is 3. The summed E-state index contributed by atoms with van der Waals surface area (Å²) in [6, 6.07) is 3.89. The predicted octanol–water partition coefficient (Wildman–Crippen LogP) is 7.88. The lowest BCUT2D eigenvalue weighted by molar-refractivity contribution is -0.177. The van der Waals surface area contributed by atoms with E-state index in [0.717, 1.165) is 5.57 Å². The van der Waals surface area contributed by atoms with E-state index in [9.17, 15) is 33.0 Å². The van der Waals surface area contributed by atoms with E-state index in [1.807, 2.05) is 46.8 Å². The molecule has 4 heterocycles. The molecular weight excluding hydrogens is 745 g/mol. The van der Waals surface area contributed by atoms with Gasteiger partial charge in [-0.25, -0.2) is 9.59 Å². The van der Waals surface area contributed by atoms with Crippen LogP contribution in [0.1, 0.15) is 95.6 Å². The Morgan fingerprint density at radius 1 is 0.982 bits per heavy atom. The first-order chi connectivity index (χ1) is 26.7. The number of esters is 2. The highest BCUT2D eigenvalue weighted by atomic mass is 19.4. The summed E-state index contributed by atoms with van der Waals surface area (Å²) in [6.45, 7) is 15.1. The van der Waals surface area contributed by atoms with Crippen LogP contribution >= 0.6 is 0 Å². The summed E-state index contributed by atoms with van der Waals surface area (Å²) in [7, 11) is 2.84. The van der Waals surface area contributed by atoms with Crippen molar-refractivity contribution < 1.29 is 56.7 Å². The summed E-state index contributed by atoms with van der Waals surface area (Å²) in [4.78, 5) is 27.0. The lowest BCUT2D eigenvalue weighted by atomic mass is 9.72. The van der Waals surface area contributed by atoms with Gasteiger partial charge in [-0.1, -0.05) is 83.1 Å². The number of aliphatic hydroxyl groups is 2. The van der Waals surface area contributed by atoms with Crippen molar-refractivity contribution in [3.8, 4) is 0 Å². The van der Waals surface area contributed by atoms with Gasteiger partial charge in [0, 0.05) is 42.8 Å². The molecule has 1 saturated heterocycles. The summed E-state index contributed by atoms with van der Waals surface area (Å²) >= 11 is 0. The Morgan fingerprint density at radius 2 is 1.67 bits per heavy atom. The van der Waals surface area contributed by atoms with Gasteiger partial charge in [-0.3, -0.25) is 0 Å². The second-order valence-corrected chi connectivity index (χ2v) is 16.6. The molecule has 57 heavy (non-hydrogen) atoms. The molecule has 4 aliphatic heterocycles. The summed E-state index contributed by atoms with van der Waals surface area (Å²) in [5.41, 5.74) is -0.575. The molecule has 14 heteroatoms. The fourth-order valence-corrected chi connectivity index (χ4v) is 8.61. The van der Waals surface area contributed by atoms with Gasteiger partial charge in [0.2, 0.25) is 5.76 Å². The maximum absolute atomic E-state index is 14.0. The molecule has 11 nitrogen and oxygen atoms in total. The number of carbonyl (C=O) groups is 2. The van der Waals surface area contributed by atoms with E-state index < -0.39 is 84.3 Å². The molecule has 1 aromatic rings. The van der Waals surface area contributed by atoms with E-state index in [1.54, 1.807) is 39.0 Å². The topological polar surface area (TPSA) is 145 Å². The van der Waals surface area contributed by atoms with Crippen LogP contribution in [0.5, 0.6) is 0 Å². The van der Waals surface area contributed by atoms with E-state index in [-0.39, 0.29) is 41.1 Å². The van der Waals surface area contributed by atoms with Crippen LogP contribution < -0.4 is 0 Å². The number of ether oxygens (including phenoxy) is 5. The maximum Gasteiger partial charge on any atom is 0.442 e. The molecular formula is C43H57F3N2O9. The van der Waals surface area contributed by atoms with Gasteiger partial charge in [-0.05, 0) is 55.9 Å². The summed E-state index contributed by atoms with van der Waals surface area (Å²) < 4.78 is 72.1. The quantitative estimate of drug-likeness (QED) is 0.251. The number of rotatable bonds is 8. The van der Waals surface area contributed by atoms with Gasteiger partial charge in [0.05, 0.1) is 37.1 Å². The van der Waals surface area contributed by atoms with Gasteiger partial charge in [-0.2, -0.15) is 13.2 Å². The normalized spacial score (nSPS) is 35.7. The molecule has 5 rings (SSSR count). The standard InChI is InChI=1S/C43H57F3N2O9/c1-21(2)38-35-30-19-28(42(47-48-42)43(44,45)46)14-15-29(30)40(51)56-33(35)20-32(55-38)26(7)37(50)27(8)39-31(53-9)13-11-12-22(3)16-24(5)36(49)25(6)17-23(4)18-34(54-10)41(52)57-39/h11-15,17-19,21,24-27,31-33,35-39,49-50H,16,20H2,1-10H3/b13-11+,22-12+,23-17+,34-18-/t24-,25+,26+,27-,31-,32+,33+,35-,36-,37-,38+,39+/m0/s1. The number of alkyl halides is 3. The van der Waals surface area contributed by atoms with Crippen molar-refractivity contribution >= 4 is 11.9 Å². The average Bonchev–Trinajstić information content (AvgIpc) is 3.98. The van der Waals surface area contributed by atoms with E-state index in [4.69, 9.17) is 23.7 Å². The van der Waals surface area contributed by atoms with Crippen LogP contribution in [0.15, 0.2) is 75.7 Å². The maximum atomic E-state index is 14.0. The van der Waals surface area contributed by atoms with E-state index >= 15 is 0 Å². The minimum atomic E-state index is -4.74. The second-order valence-electron chi connectivity index (χ2n) is 16.6. The molecule has 0 unspecified atom stereocenters. The Labute approximate surface area is 333 Å². The molecule has 4 aliphatic rings. The molecule has 2 N–H and O–H groups in total. The average molecular weight is 803 g/mol. The lowest BCUT2D eigenvalue weighted by Gasteiger charge is -2.48. The minimum absolute atomic E-state index is 0.0480. The van der Waals surface area contributed by atoms with Crippen molar-refractivity contribution in [3.05, 3.63) is 82.2 Å². The number of fused-ring (bicyclic) bond motifs is 3. The second kappa shape index (κ2) is 17.6. The third-order valence-electron chi connectivity index (χ3n) is 12.0. The first-order valence-electron chi connectivity index (χ1n) is 19.6.